The van der Waals surface area contributed by atoms with Gasteiger partial charge in [-0.2, -0.15) is 0 Å². The fraction of sp³-hybridized carbons (Fsp3) is 0.778. The molecule has 0 saturated heterocycles. The number of carboxylic acid groups (broad SMARTS) is 1. The smallest absolute Gasteiger partial charge is 0.407 e. The van der Waals surface area contributed by atoms with Crippen molar-refractivity contribution in [2.24, 2.45) is 0 Å². The van der Waals surface area contributed by atoms with Gasteiger partial charge in [0, 0.05) is 12.5 Å². The maximum Gasteiger partial charge on any atom is 0.407 e. The Morgan fingerprint density at radius 1 is 1.36 bits per heavy atom. The van der Waals surface area contributed by atoms with Gasteiger partial charge in [0.25, 0.3) is 0 Å². The standard InChI is InChI=1S/C9H17NO4/c1-6(2)14-9(13)10-7(3)4-5-8(11)12/h6-7H,4-5H2,1-3H3,(H,10,13)(H,11,12). The first-order valence-electron chi connectivity index (χ1n) is 4.60. The van der Waals surface area contributed by atoms with Gasteiger partial charge in [0.1, 0.15) is 0 Å². The molecule has 0 heterocycles. The summed E-state index contributed by atoms with van der Waals surface area (Å²) in [4.78, 5) is 21.3. The molecule has 0 aliphatic carbocycles. The maximum atomic E-state index is 11.0. The van der Waals surface area contributed by atoms with Crippen LogP contribution < -0.4 is 5.32 Å². The number of aliphatic carboxylic acids is 1. The topological polar surface area (TPSA) is 75.6 Å². The molecule has 0 aliphatic heterocycles. The highest BCUT2D eigenvalue weighted by molar-refractivity contribution is 5.68. The number of hydrogen-bond acceptors (Lipinski definition) is 3. The van der Waals surface area contributed by atoms with Gasteiger partial charge in [-0.05, 0) is 27.2 Å². The van der Waals surface area contributed by atoms with Crippen LogP contribution in [0, 0.1) is 0 Å². The second kappa shape index (κ2) is 6.23. The van der Waals surface area contributed by atoms with E-state index in [0.717, 1.165) is 0 Å². The van der Waals surface area contributed by atoms with Crippen molar-refractivity contribution in [3.05, 3.63) is 0 Å². The quantitative estimate of drug-likeness (QED) is 0.707. The van der Waals surface area contributed by atoms with E-state index < -0.39 is 12.1 Å². The number of alkyl carbamates (subject to hydrolysis) is 1. The van der Waals surface area contributed by atoms with E-state index >= 15 is 0 Å². The van der Waals surface area contributed by atoms with E-state index in [9.17, 15) is 9.59 Å². The van der Waals surface area contributed by atoms with Crippen LogP contribution in [0.1, 0.15) is 33.6 Å². The Bertz CT molecular complexity index is 203. The SMILES string of the molecule is CC(CCC(=O)O)NC(=O)OC(C)C. The number of carbonyl (C=O) groups is 2. The monoisotopic (exact) mass is 203 g/mol. The Morgan fingerprint density at radius 3 is 2.36 bits per heavy atom. The van der Waals surface area contributed by atoms with Gasteiger partial charge in [0.15, 0.2) is 0 Å². The summed E-state index contributed by atoms with van der Waals surface area (Å²) in [6.45, 7) is 5.24. The summed E-state index contributed by atoms with van der Waals surface area (Å²) in [5.74, 6) is -0.865. The summed E-state index contributed by atoms with van der Waals surface area (Å²) in [7, 11) is 0. The number of nitrogens with one attached hydrogen (secondary N) is 1. The fourth-order valence-corrected chi connectivity index (χ4v) is 0.861. The normalized spacial score (nSPS) is 12.3. The maximum absolute atomic E-state index is 11.0. The second-order valence-electron chi connectivity index (χ2n) is 3.43. The molecule has 0 rings (SSSR count). The molecule has 0 aromatic rings. The minimum atomic E-state index is -0.865. The van der Waals surface area contributed by atoms with Crippen LogP contribution in [0.2, 0.25) is 0 Å². The molecule has 0 saturated carbocycles. The van der Waals surface area contributed by atoms with Crippen LogP contribution in [0.5, 0.6) is 0 Å². The van der Waals surface area contributed by atoms with Crippen molar-refractivity contribution in [2.45, 2.75) is 45.8 Å². The Morgan fingerprint density at radius 2 is 1.93 bits per heavy atom. The third kappa shape index (κ3) is 7.39. The van der Waals surface area contributed by atoms with Crippen LogP contribution >= 0.6 is 0 Å². The predicted molar refractivity (Wildman–Crippen MR) is 51.1 cm³/mol. The first-order chi connectivity index (χ1) is 6.41. The zero-order chi connectivity index (χ0) is 11.1. The second-order valence-corrected chi connectivity index (χ2v) is 3.43. The van der Waals surface area contributed by atoms with E-state index in [1.807, 2.05) is 0 Å². The molecule has 0 aliphatic rings. The van der Waals surface area contributed by atoms with Crippen molar-refractivity contribution < 1.29 is 19.4 Å². The molecule has 14 heavy (non-hydrogen) atoms. The average Bonchev–Trinajstić information content (AvgIpc) is 1.98. The van der Waals surface area contributed by atoms with Crippen molar-refractivity contribution in [3.8, 4) is 0 Å². The average molecular weight is 203 g/mol. The van der Waals surface area contributed by atoms with Gasteiger partial charge < -0.3 is 15.2 Å². The molecular weight excluding hydrogens is 186 g/mol. The van der Waals surface area contributed by atoms with E-state index in [2.05, 4.69) is 5.32 Å². The lowest BCUT2D eigenvalue weighted by Crippen LogP contribution is -2.34. The number of amides is 1. The largest absolute Gasteiger partial charge is 0.481 e. The van der Waals surface area contributed by atoms with Gasteiger partial charge in [-0.1, -0.05) is 0 Å². The minimum absolute atomic E-state index is 0.0448. The van der Waals surface area contributed by atoms with Crippen LogP contribution in [-0.4, -0.2) is 29.3 Å². The Kier molecular flexibility index (Phi) is 5.67. The van der Waals surface area contributed by atoms with Crippen molar-refractivity contribution in [3.63, 3.8) is 0 Å². The van der Waals surface area contributed by atoms with Crippen LogP contribution in [0.15, 0.2) is 0 Å². The number of hydrogen-bond donors (Lipinski definition) is 2. The Balaban J connectivity index is 3.65. The van der Waals surface area contributed by atoms with Crippen molar-refractivity contribution >= 4 is 12.1 Å². The van der Waals surface area contributed by atoms with E-state index in [1.165, 1.54) is 0 Å². The summed E-state index contributed by atoms with van der Waals surface area (Å²) in [6, 6.07) is -0.183. The van der Waals surface area contributed by atoms with E-state index in [0.29, 0.717) is 6.42 Å². The molecule has 0 aromatic heterocycles. The van der Waals surface area contributed by atoms with Gasteiger partial charge >= 0.3 is 12.1 Å². The molecular formula is C9H17NO4. The van der Waals surface area contributed by atoms with Crippen LogP contribution in [-0.2, 0) is 9.53 Å². The highest BCUT2D eigenvalue weighted by Crippen LogP contribution is 1.97. The fourth-order valence-electron chi connectivity index (χ4n) is 0.861. The highest BCUT2D eigenvalue weighted by Gasteiger charge is 2.10. The third-order valence-corrected chi connectivity index (χ3v) is 1.50. The molecule has 2 N–H and O–H groups in total. The molecule has 5 heteroatoms. The molecule has 0 bridgehead atoms. The lowest BCUT2D eigenvalue weighted by Gasteiger charge is -2.14. The van der Waals surface area contributed by atoms with Gasteiger partial charge in [0.05, 0.1) is 6.10 Å². The number of carboxylic acids is 1. The first-order valence-corrected chi connectivity index (χ1v) is 4.60. The number of ether oxygens (including phenoxy) is 1. The summed E-state index contributed by atoms with van der Waals surface area (Å²) in [5, 5.41) is 10.9. The summed E-state index contributed by atoms with van der Waals surface area (Å²) in [5.41, 5.74) is 0. The summed E-state index contributed by atoms with van der Waals surface area (Å²) >= 11 is 0. The lowest BCUT2D eigenvalue weighted by molar-refractivity contribution is -0.137. The van der Waals surface area contributed by atoms with Gasteiger partial charge in [-0.25, -0.2) is 4.79 Å². The molecule has 0 radical (unpaired) electrons. The predicted octanol–water partition coefficient (Wildman–Crippen LogP) is 1.37. The van der Waals surface area contributed by atoms with Crippen molar-refractivity contribution in [1.29, 1.82) is 0 Å². The molecule has 0 spiro atoms. The van der Waals surface area contributed by atoms with E-state index in [-0.39, 0.29) is 18.6 Å². The van der Waals surface area contributed by atoms with E-state index in [1.54, 1.807) is 20.8 Å². The molecule has 1 amide bonds. The van der Waals surface area contributed by atoms with Crippen LogP contribution in [0.3, 0.4) is 0 Å². The molecule has 82 valence electrons. The minimum Gasteiger partial charge on any atom is -0.481 e. The summed E-state index contributed by atoms with van der Waals surface area (Å²) < 4.78 is 4.83. The molecule has 0 aromatic carbocycles. The third-order valence-electron chi connectivity index (χ3n) is 1.50. The summed E-state index contributed by atoms with van der Waals surface area (Å²) in [6.07, 6.45) is -0.217. The Hall–Kier alpha value is -1.26. The number of carbonyl (C=O) groups excluding carboxylic acids is 1. The van der Waals surface area contributed by atoms with Crippen molar-refractivity contribution in [1.82, 2.24) is 5.32 Å². The van der Waals surface area contributed by atoms with Gasteiger partial charge in [-0.15, -0.1) is 0 Å². The van der Waals surface area contributed by atoms with Crippen molar-refractivity contribution in [2.75, 3.05) is 0 Å². The van der Waals surface area contributed by atoms with Crippen LogP contribution in [0.25, 0.3) is 0 Å². The lowest BCUT2D eigenvalue weighted by atomic mass is 10.2. The molecule has 0 fully saturated rings. The molecule has 5 nitrogen and oxygen atoms in total. The zero-order valence-electron chi connectivity index (χ0n) is 8.74. The van der Waals surface area contributed by atoms with Gasteiger partial charge in [-0.3, -0.25) is 4.79 Å². The van der Waals surface area contributed by atoms with Gasteiger partial charge in [0.2, 0.25) is 0 Å². The molecule has 1 atom stereocenters. The highest BCUT2D eigenvalue weighted by atomic mass is 16.6. The zero-order valence-corrected chi connectivity index (χ0v) is 8.74. The first kappa shape index (κ1) is 12.7. The van der Waals surface area contributed by atoms with E-state index in [4.69, 9.17) is 9.84 Å². The van der Waals surface area contributed by atoms with Crippen LogP contribution in [0.4, 0.5) is 4.79 Å². The molecule has 1 unspecified atom stereocenters. The number of rotatable bonds is 5. The Labute approximate surface area is 83.4 Å².